The van der Waals surface area contributed by atoms with Gasteiger partial charge in [-0.1, -0.05) is 24.3 Å². The standard InChI is InChI=1S/C19H22F3N5O4/c20-19(21,22)31-10-9-30-18-24-12-16(27(28)29)17(25-18)23-11-14-3-5-15(6-4-14)13-26-7-1-2-8-26/h3-6,12H,1-2,7-11,13H2,(H,23,24,25). The summed E-state index contributed by atoms with van der Waals surface area (Å²) in [5.74, 6) is -0.0899. The van der Waals surface area contributed by atoms with Gasteiger partial charge < -0.3 is 10.1 Å². The molecule has 0 bridgehead atoms. The van der Waals surface area contributed by atoms with Crippen LogP contribution in [0.5, 0.6) is 6.01 Å². The minimum atomic E-state index is -4.77. The molecule has 2 heterocycles. The monoisotopic (exact) mass is 441 g/mol. The fraction of sp³-hybridized carbons (Fsp3) is 0.474. The molecule has 0 unspecified atom stereocenters. The first kappa shape index (κ1) is 22.7. The molecule has 0 atom stereocenters. The van der Waals surface area contributed by atoms with E-state index in [1.54, 1.807) is 0 Å². The van der Waals surface area contributed by atoms with Gasteiger partial charge in [0.2, 0.25) is 5.82 Å². The molecule has 1 aromatic carbocycles. The predicted molar refractivity (Wildman–Crippen MR) is 104 cm³/mol. The molecule has 1 fully saturated rings. The third-order valence-corrected chi connectivity index (χ3v) is 4.61. The Morgan fingerprint density at radius 3 is 2.45 bits per heavy atom. The fourth-order valence-electron chi connectivity index (χ4n) is 3.13. The van der Waals surface area contributed by atoms with Gasteiger partial charge in [0, 0.05) is 13.1 Å². The highest BCUT2D eigenvalue weighted by Crippen LogP contribution is 2.24. The van der Waals surface area contributed by atoms with E-state index in [2.05, 4.69) is 24.9 Å². The van der Waals surface area contributed by atoms with Gasteiger partial charge in [-0.15, -0.1) is 13.2 Å². The number of nitrogens with one attached hydrogen (secondary N) is 1. The summed E-state index contributed by atoms with van der Waals surface area (Å²) in [6.07, 6.45) is -1.38. The number of nitrogens with zero attached hydrogens (tertiary/aromatic N) is 4. The van der Waals surface area contributed by atoms with Crippen LogP contribution in [0.4, 0.5) is 24.7 Å². The lowest BCUT2D eigenvalue weighted by molar-refractivity contribution is -0.384. The van der Waals surface area contributed by atoms with Crippen LogP contribution < -0.4 is 10.1 Å². The van der Waals surface area contributed by atoms with Gasteiger partial charge in [-0.2, -0.15) is 9.97 Å². The zero-order valence-corrected chi connectivity index (χ0v) is 16.6. The maximum Gasteiger partial charge on any atom is 0.522 e. The smallest absolute Gasteiger partial charge is 0.461 e. The maximum atomic E-state index is 12.0. The predicted octanol–water partition coefficient (Wildman–Crippen LogP) is 3.51. The number of hydrogen-bond donors (Lipinski definition) is 1. The second-order valence-corrected chi connectivity index (χ2v) is 6.94. The van der Waals surface area contributed by atoms with Crippen LogP contribution in [0.3, 0.4) is 0 Å². The highest BCUT2D eigenvalue weighted by atomic mass is 19.4. The number of benzene rings is 1. The van der Waals surface area contributed by atoms with Crippen molar-refractivity contribution in [1.82, 2.24) is 14.9 Å². The first-order chi connectivity index (χ1) is 14.8. The number of aromatic nitrogens is 2. The van der Waals surface area contributed by atoms with Crippen molar-refractivity contribution in [3.8, 4) is 6.01 Å². The van der Waals surface area contributed by atoms with E-state index in [0.29, 0.717) is 0 Å². The van der Waals surface area contributed by atoms with Crippen LogP contribution >= 0.6 is 0 Å². The van der Waals surface area contributed by atoms with E-state index in [1.807, 2.05) is 24.3 Å². The van der Waals surface area contributed by atoms with Gasteiger partial charge >= 0.3 is 18.1 Å². The quantitative estimate of drug-likeness (QED) is 0.340. The number of hydrogen-bond acceptors (Lipinski definition) is 8. The van der Waals surface area contributed by atoms with E-state index in [9.17, 15) is 23.3 Å². The third kappa shape index (κ3) is 7.33. The minimum absolute atomic E-state index is 0.0899. The number of alkyl halides is 3. The number of rotatable bonds is 10. The normalized spacial score (nSPS) is 14.5. The summed E-state index contributed by atoms with van der Waals surface area (Å²) in [4.78, 5) is 20.5. The zero-order valence-electron chi connectivity index (χ0n) is 16.6. The molecular formula is C19H22F3N5O4. The van der Waals surface area contributed by atoms with Crippen molar-refractivity contribution >= 4 is 11.5 Å². The summed E-state index contributed by atoms with van der Waals surface area (Å²) in [5.41, 5.74) is 1.71. The number of likely N-dealkylation sites (tertiary alicyclic amines) is 1. The number of ether oxygens (including phenoxy) is 2. The lowest BCUT2D eigenvalue weighted by atomic mass is 10.1. The molecule has 1 saturated heterocycles. The molecule has 1 N–H and O–H groups in total. The van der Waals surface area contributed by atoms with E-state index in [1.165, 1.54) is 18.4 Å². The number of halogens is 3. The van der Waals surface area contributed by atoms with Gasteiger partial charge in [0.05, 0.1) is 11.5 Å². The Morgan fingerprint density at radius 1 is 1.13 bits per heavy atom. The Morgan fingerprint density at radius 2 is 1.81 bits per heavy atom. The molecule has 12 heteroatoms. The average Bonchev–Trinajstić information content (AvgIpc) is 3.23. The molecule has 31 heavy (non-hydrogen) atoms. The summed E-state index contributed by atoms with van der Waals surface area (Å²) >= 11 is 0. The Hall–Kier alpha value is -2.99. The molecule has 0 spiro atoms. The first-order valence-electron chi connectivity index (χ1n) is 9.69. The van der Waals surface area contributed by atoms with Gasteiger partial charge in [0.15, 0.2) is 0 Å². The fourth-order valence-corrected chi connectivity index (χ4v) is 3.13. The van der Waals surface area contributed by atoms with Gasteiger partial charge in [-0.05, 0) is 37.1 Å². The van der Waals surface area contributed by atoms with Crippen molar-refractivity contribution in [3.05, 3.63) is 51.7 Å². The SMILES string of the molecule is O=[N+]([O-])c1cnc(OCCOC(F)(F)F)nc1NCc1ccc(CN2CCCC2)cc1. The molecule has 0 radical (unpaired) electrons. The van der Waals surface area contributed by atoms with Crippen molar-refractivity contribution < 1.29 is 27.6 Å². The van der Waals surface area contributed by atoms with Crippen LogP contribution in [0.15, 0.2) is 30.5 Å². The van der Waals surface area contributed by atoms with Crippen LogP contribution in [-0.2, 0) is 17.8 Å². The van der Waals surface area contributed by atoms with Crippen LogP contribution in [0.2, 0.25) is 0 Å². The molecule has 9 nitrogen and oxygen atoms in total. The minimum Gasteiger partial charge on any atom is -0.461 e. The second-order valence-electron chi connectivity index (χ2n) is 6.94. The summed E-state index contributed by atoms with van der Waals surface area (Å²) < 4.78 is 44.5. The zero-order chi connectivity index (χ0) is 22.3. The summed E-state index contributed by atoms with van der Waals surface area (Å²) in [5, 5.41) is 14.1. The third-order valence-electron chi connectivity index (χ3n) is 4.61. The molecule has 0 saturated carbocycles. The van der Waals surface area contributed by atoms with Crippen LogP contribution in [0, 0.1) is 10.1 Å². The Bertz CT molecular complexity index is 874. The largest absolute Gasteiger partial charge is 0.522 e. The van der Waals surface area contributed by atoms with Gasteiger partial charge in [0.25, 0.3) is 0 Å². The van der Waals surface area contributed by atoms with Gasteiger partial charge in [-0.3, -0.25) is 19.8 Å². The van der Waals surface area contributed by atoms with Crippen molar-refractivity contribution in [2.75, 3.05) is 31.6 Å². The van der Waals surface area contributed by atoms with Crippen LogP contribution in [0.25, 0.3) is 0 Å². The highest BCUT2D eigenvalue weighted by Gasteiger charge is 2.28. The Balaban J connectivity index is 1.57. The molecule has 1 aliphatic rings. The van der Waals surface area contributed by atoms with Crippen molar-refractivity contribution in [3.63, 3.8) is 0 Å². The van der Waals surface area contributed by atoms with E-state index in [-0.39, 0.29) is 24.1 Å². The molecule has 0 amide bonds. The van der Waals surface area contributed by atoms with Crippen LogP contribution in [0.1, 0.15) is 24.0 Å². The molecule has 168 valence electrons. The van der Waals surface area contributed by atoms with E-state index in [4.69, 9.17) is 4.74 Å². The van der Waals surface area contributed by atoms with Crippen LogP contribution in [-0.4, -0.2) is 52.5 Å². The topological polar surface area (TPSA) is 103 Å². The number of anilines is 1. The molecule has 2 aromatic rings. The summed E-state index contributed by atoms with van der Waals surface area (Å²) in [6, 6.07) is 7.59. The molecule has 3 rings (SSSR count). The average molecular weight is 441 g/mol. The molecule has 0 aliphatic carbocycles. The second kappa shape index (κ2) is 10.4. The maximum absolute atomic E-state index is 12.0. The molecular weight excluding hydrogens is 419 g/mol. The lowest BCUT2D eigenvalue weighted by Gasteiger charge is -2.14. The van der Waals surface area contributed by atoms with Gasteiger partial charge in [0.1, 0.15) is 12.8 Å². The van der Waals surface area contributed by atoms with Crippen molar-refractivity contribution in [1.29, 1.82) is 0 Å². The summed E-state index contributed by atoms with van der Waals surface area (Å²) in [6.45, 7) is 2.15. The van der Waals surface area contributed by atoms with Gasteiger partial charge in [-0.25, -0.2) is 0 Å². The molecule has 1 aliphatic heterocycles. The highest BCUT2D eigenvalue weighted by molar-refractivity contribution is 5.55. The lowest BCUT2D eigenvalue weighted by Crippen LogP contribution is -2.18. The van der Waals surface area contributed by atoms with Crippen molar-refractivity contribution in [2.24, 2.45) is 0 Å². The number of nitro groups is 1. The molecule has 1 aromatic heterocycles. The Labute approximate surface area is 176 Å². The van der Waals surface area contributed by atoms with E-state index in [0.717, 1.165) is 31.4 Å². The van der Waals surface area contributed by atoms with E-state index >= 15 is 0 Å². The van der Waals surface area contributed by atoms with Crippen molar-refractivity contribution in [2.45, 2.75) is 32.3 Å². The summed E-state index contributed by atoms with van der Waals surface area (Å²) in [7, 11) is 0. The Kier molecular flexibility index (Phi) is 7.58. The first-order valence-corrected chi connectivity index (χ1v) is 9.69. The van der Waals surface area contributed by atoms with E-state index < -0.39 is 24.5 Å².